The number of benzene rings is 2. The summed E-state index contributed by atoms with van der Waals surface area (Å²) in [6, 6.07) is 13.5. The van der Waals surface area contributed by atoms with Gasteiger partial charge >= 0.3 is 17.1 Å². The van der Waals surface area contributed by atoms with Crippen LogP contribution in [-0.2, 0) is 17.1 Å². The van der Waals surface area contributed by atoms with Crippen LogP contribution in [0.3, 0.4) is 0 Å². The van der Waals surface area contributed by atoms with Crippen molar-refractivity contribution in [2.75, 3.05) is 0 Å². The predicted octanol–water partition coefficient (Wildman–Crippen LogP) is 1.25. The molecule has 175 valence electrons. The van der Waals surface area contributed by atoms with Gasteiger partial charge in [0.1, 0.15) is 23.8 Å². The molecule has 3 aromatic rings. The standard InChI is InChI=1S/C27H37N2.ClH.FH.Fe/c1-18(2)22-11-9-12-23(19(3)4)26(22)28-15-16-29(17-28)27-24(20(5)6)13-10-14-25(27)21(7)8;;;/h9-21H,1-8H3;2*1H;/q+1;;;+3/p-2. The quantitative estimate of drug-likeness (QED) is 0.357. The van der Waals surface area contributed by atoms with Crippen molar-refractivity contribution in [2.24, 2.45) is 0 Å². The first-order valence-corrected chi connectivity index (χ1v) is 11.1. The van der Waals surface area contributed by atoms with Gasteiger partial charge in [-0.25, -0.2) is 9.13 Å². The van der Waals surface area contributed by atoms with Gasteiger partial charge < -0.3 is 17.1 Å². The Morgan fingerprint density at radius 2 is 1.03 bits per heavy atom. The van der Waals surface area contributed by atoms with Gasteiger partial charge in [0.15, 0.2) is 0 Å². The Morgan fingerprint density at radius 1 is 0.656 bits per heavy atom. The van der Waals surface area contributed by atoms with Gasteiger partial charge in [0, 0.05) is 22.3 Å². The van der Waals surface area contributed by atoms with E-state index in [0.717, 1.165) is 0 Å². The smallest absolute Gasteiger partial charge is 1.00 e. The molecule has 0 fully saturated rings. The van der Waals surface area contributed by atoms with E-state index in [1.807, 2.05) is 0 Å². The summed E-state index contributed by atoms with van der Waals surface area (Å²) in [5, 5.41) is 0. The van der Waals surface area contributed by atoms with Crippen LogP contribution in [0.5, 0.6) is 0 Å². The third-order valence-corrected chi connectivity index (χ3v) is 5.84. The molecule has 0 aliphatic carbocycles. The van der Waals surface area contributed by atoms with Gasteiger partial charge in [0.25, 0.3) is 6.33 Å². The first-order valence-electron chi connectivity index (χ1n) is 11.1. The van der Waals surface area contributed by atoms with Crippen LogP contribution < -0.4 is 21.7 Å². The van der Waals surface area contributed by atoms with E-state index >= 15 is 0 Å². The van der Waals surface area contributed by atoms with Crippen LogP contribution in [0.15, 0.2) is 55.1 Å². The van der Waals surface area contributed by atoms with E-state index in [4.69, 9.17) is 0 Å². The van der Waals surface area contributed by atoms with Gasteiger partial charge in [-0.1, -0.05) is 91.8 Å². The molecule has 2 nitrogen and oxygen atoms in total. The molecule has 0 aliphatic rings. The molecule has 3 rings (SSSR count). The van der Waals surface area contributed by atoms with Crippen molar-refractivity contribution in [2.45, 2.75) is 79.1 Å². The fourth-order valence-corrected chi connectivity index (χ4v) is 4.24. The molecular weight excluding hydrogens is 463 g/mol. The SMILES string of the molecule is CC(C)c1cccc(C(C)C)c1-n1cc[n+](-c2c(C(C)C)cccc2C(C)C)c1.[Cl-].[F-].[Fe+3]. The Bertz CT molecular complexity index is 863. The molecule has 0 saturated carbocycles. The number of halogens is 2. The number of aromatic nitrogens is 2. The normalized spacial score (nSPS) is 10.9. The summed E-state index contributed by atoms with van der Waals surface area (Å²) >= 11 is 0. The number of hydrogen-bond donors (Lipinski definition) is 0. The number of para-hydroxylation sites is 2. The zero-order valence-corrected chi connectivity index (χ0v) is 22.4. The molecule has 0 bridgehead atoms. The molecule has 0 aliphatic heterocycles. The molecule has 32 heavy (non-hydrogen) atoms. The van der Waals surface area contributed by atoms with E-state index in [2.05, 4.69) is 120 Å². The average molecular weight is 500 g/mol. The summed E-state index contributed by atoms with van der Waals surface area (Å²) in [6.07, 6.45) is 6.70. The molecule has 0 spiro atoms. The van der Waals surface area contributed by atoms with Crippen molar-refractivity contribution in [3.8, 4) is 11.4 Å². The van der Waals surface area contributed by atoms with Crippen molar-refractivity contribution in [3.05, 3.63) is 77.4 Å². The number of imidazole rings is 1. The Kier molecular flexibility index (Phi) is 11.9. The van der Waals surface area contributed by atoms with Gasteiger partial charge in [0.2, 0.25) is 0 Å². The number of hydrogen-bond acceptors (Lipinski definition) is 0. The summed E-state index contributed by atoms with van der Waals surface area (Å²) in [6.45, 7) is 18.3. The second kappa shape index (κ2) is 12.6. The maximum absolute atomic E-state index is 2.33. The van der Waals surface area contributed by atoms with Gasteiger partial charge in [-0.05, 0) is 23.7 Å². The molecular formula is C27H37ClFFeN2+2. The second-order valence-electron chi connectivity index (χ2n) is 9.42. The van der Waals surface area contributed by atoms with Crippen LogP contribution >= 0.6 is 0 Å². The zero-order chi connectivity index (χ0) is 21.3. The molecule has 1 heterocycles. The summed E-state index contributed by atoms with van der Waals surface area (Å²) in [7, 11) is 0. The average Bonchev–Trinajstić information content (AvgIpc) is 3.15. The first kappa shape index (κ1) is 30.4. The summed E-state index contributed by atoms with van der Waals surface area (Å²) in [5.41, 5.74) is 8.29. The summed E-state index contributed by atoms with van der Waals surface area (Å²) in [4.78, 5) is 0. The van der Waals surface area contributed by atoms with E-state index in [-0.39, 0.29) is 34.2 Å². The largest absolute Gasteiger partial charge is 3.00 e. The summed E-state index contributed by atoms with van der Waals surface area (Å²) < 4.78 is 4.65. The topological polar surface area (TPSA) is 8.81 Å². The maximum atomic E-state index is 2.33. The minimum atomic E-state index is 0. The predicted molar refractivity (Wildman–Crippen MR) is 124 cm³/mol. The van der Waals surface area contributed by atoms with E-state index in [0.29, 0.717) is 23.7 Å². The number of nitrogens with zero attached hydrogens (tertiary/aromatic N) is 2. The minimum Gasteiger partial charge on any atom is -1.00 e. The van der Waals surface area contributed by atoms with Crippen LogP contribution in [0.2, 0.25) is 0 Å². The summed E-state index contributed by atoms with van der Waals surface area (Å²) in [5.74, 6) is 1.92. The van der Waals surface area contributed by atoms with E-state index in [9.17, 15) is 0 Å². The third kappa shape index (κ3) is 6.04. The van der Waals surface area contributed by atoms with Crippen molar-refractivity contribution in [1.29, 1.82) is 0 Å². The van der Waals surface area contributed by atoms with Gasteiger partial charge in [0.05, 0.1) is 0 Å². The number of rotatable bonds is 6. The van der Waals surface area contributed by atoms with Gasteiger partial charge in [-0.2, -0.15) is 0 Å². The van der Waals surface area contributed by atoms with E-state index in [1.54, 1.807) is 0 Å². The molecule has 0 unspecified atom stereocenters. The van der Waals surface area contributed by atoms with Crippen molar-refractivity contribution in [3.63, 3.8) is 0 Å². The van der Waals surface area contributed by atoms with Crippen molar-refractivity contribution >= 4 is 0 Å². The molecule has 0 atom stereocenters. The molecule has 0 amide bonds. The van der Waals surface area contributed by atoms with Crippen LogP contribution in [0.1, 0.15) is 101 Å². The van der Waals surface area contributed by atoms with Gasteiger partial charge in [-0.3, -0.25) is 0 Å². The molecule has 0 N–H and O–H groups in total. The van der Waals surface area contributed by atoms with Crippen LogP contribution in [0, 0.1) is 0 Å². The Labute approximate surface area is 210 Å². The Hall–Kier alpha value is -1.61. The molecule has 0 saturated heterocycles. The van der Waals surface area contributed by atoms with Crippen LogP contribution in [-0.4, -0.2) is 4.57 Å². The Morgan fingerprint density at radius 3 is 1.41 bits per heavy atom. The van der Waals surface area contributed by atoms with Crippen LogP contribution in [0.4, 0.5) is 0 Å². The molecule has 1 aromatic heterocycles. The second-order valence-corrected chi connectivity index (χ2v) is 9.42. The van der Waals surface area contributed by atoms with E-state index < -0.39 is 0 Å². The van der Waals surface area contributed by atoms with Crippen molar-refractivity contribution < 1.29 is 38.7 Å². The Balaban J connectivity index is 0.00000320. The molecule has 5 heteroatoms. The van der Waals surface area contributed by atoms with Crippen molar-refractivity contribution in [1.82, 2.24) is 4.57 Å². The van der Waals surface area contributed by atoms with E-state index in [1.165, 1.54) is 33.6 Å². The fourth-order valence-electron chi connectivity index (χ4n) is 4.24. The van der Waals surface area contributed by atoms with Crippen LogP contribution in [0.25, 0.3) is 11.4 Å². The first-order chi connectivity index (χ1) is 13.7. The monoisotopic (exact) mass is 499 g/mol. The maximum Gasteiger partial charge on any atom is 3.00 e. The molecule has 1 radical (unpaired) electrons. The zero-order valence-electron chi connectivity index (χ0n) is 20.5. The fraction of sp³-hybridized carbons (Fsp3) is 0.444. The molecule has 2 aromatic carbocycles. The minimum absolute atomic E-state index is 0. The van der Waals surface area contributed by atoms with Gasteiger partial charge in [-0.15, -0.1) is 0 Å². The third-order valence-electron chi connectivity index (χ3n) is 5.84.